The third kappa shape index (κ3) is 3.26. The summed E-state index contributed by atoms with van der Waals surface area (Å²) >= 11 is 0. The van der Waals surface area contributed by atoms with E-state index in [9.17, 15) is 0 Å². The predicted octanol–water partition coefficient (Wildman–Crippen LogP) is 1.51. The molecule has 0 bridgehead atoms. The lowest BCUT2D eigenvalue weighted by atomic mass is 10.2. The molecule has 0 aliphatic carbocycles. The molecule has 0 aliphatic rings. The number of aromatic nitrogens is 2. The van der Waals surface area contributed by atoms with E-state index in [1.54, 1.807) is 13.3 Å². The van der Waals surface area contributed by atoms with Gasteiger partial charge in [-0.05, 0) is 17.7 Å². The number of ether oxygens (including phenoxy) is 2. The topological polar surface area (TPSA) is 62.3 Å². The molecule has 1 aromatic carbocycles. The number of hydrogen-bond acceptors (Lipinski definition) is 4. The molecule has 2 N–H and O–H groups in total. The van der Waals surface area contributed by atoms with Crippen molar-refractivity contribution in [2.45, 2.75) is 13.0 Å². The van der Waals surface area contributed by atoms with E-state index in [-0.39, 0.29) is 0 Å². The molecular formula is C14H19N3O2. The number of methoxy groups -OCH3 is 1. The van der Waals surface area contributed by atoms with Crippen LogP contribution in [-0.4, -0.2) is 23.3 Å². The summed E-state index contributed by atoms with van der Waals surface area (Å²) in [4.78, 5) is 4.25. The van der Waals surface area contributed by atoms with Crippen molar-refractivity contribution >= 4 is 0 Å². The van der Waals surface area contributed by atoms with E-state index >= 15 is 0 Å². The van der Waals surface area contributed by atoms with Gasteiger partial charge in [0.25, 0.3) is 0 Å². The van der Waals surface area contributed by atoms with E-state index in [1.807, 2.05) is 36.0 Å². The van der Waals surface area contributed by atoms with Crippen LogP contribution in [0.4, 0.5) is 0 Å². The maximum Gasteiger partial charge on any atom is 0.161 e. The second-order valence-electron chi connectivity index (χ2n) is 4.24. The van der Waals surface area contributed by atoms with Crippen molar-refractivity contribution in [3.8, 4) is 11.5 Å². The highest BCUT2D eigenvalue weighted by Crippen LogP contribution is 2.28. The van der Waals surface area contributed by atoms with Crippen molar-refractivity contribution in [3.05, 3.63) is 42.0 Å². The van der Waals surface area contributed by atoms with Crippen molar-refractivity contribution < 1.29 is 9.47 Å². The molecule has 0 radical (unpaired) electrons. The molecule has 0 atom stereocenters. The maximum atomic E-state index is 5.76. The Kier molecular flexibility index (Phi) is 4.41. The highest BCUT2D eigenvalue weighted by Gasteiger charge is 2.06. The van der Waals surface area contributed by atoms with Gasteiger partial charge in [-0.25, -0.2) is 4.98 Å². The Morgan fingerprint density at radius 3 is 2.79 bits per heavy atom. The lowest BCUT2D eigenvalue weighted by Crippen LogP contribution is -2.07. The minimum absolute atomic E-state index is 0.486. The van der Waals surface area contributed by atoms with E-state index < -0.39 is 0 Å². The zero-order chi connectivity index (χ0) is 13.7. The molecule has 1 heterocycles. The largest absolute Gasteiger partial charge is 0.493 e. The third-order valence-electron chi connectivity index (χ3n) is 2.97. The van der Waals surface area contributed by atoms with Gasteiger partial charge in [0, 0.05) is 32.4 Å². The summed E-state index contributed by atoms with van der Waals surface area (Å²) in [6, 6.07) is 5.72. The van der Waals surface area contributed by atoms with Crippen molar-refractivity contribution in [2.75, 3.05) is 13.7 Å². The van der Waals surface area contributed by atoms with E-state index in [4.69, 9.17) is 15.2 Å². The number of aryl methyl sites for hydroxylation is 1. The molecular weight excluding hydrogens is 242 g/mol. The standard InChI is InChI=1S/C14H19N3O2/c1-17-7-6-16-14(17)5-8-19-13-9-11(10-15)3-4-12(13)18-2/h3-4,6-7,9H,5,8,10,15H2,1-2H3. The molecule has 5 heteroatoms. The summed E-state index contributed by atoms with van der Waals surface area (Å²) < 4.78 is 13.0. The number of imidazole rings is 1. The molecule has 0 aliphatic heterocycles. The van der Waals surface area contributed by atoms with Gasteiger partial charge in [-0.2, -0.15) is 0 Å². The molecule has 1 aromatic heterocycles. The van der Waals surface area contributed by atoms with Crippen molar-refractivity contribution in [1.29, 1.82) is 0 Å². The zero-order valence-corrected chi connectivity index (χ0v) is 11.3. The van der Waals surface area contributed by atoms with Gasteiger partial charge in [-0.3, -0.25) is 0 Å². The minimum Gasteiger partial charge on any atom is -0.493 e. The van der Waals surface area contributed by atoms with Gasteiger partial charge in [-0.1, -0.05) is 6.07 Å². The fraction of sp³-hybridized carbons (Fsp3) is 0.357. The molecule has 5 nitrogen and oxygen atoms in total. The Hall–Kier alpha value is -2.01. The van der Waals surface area contributed by atoms with Gasteiger partial charge < -0.3 is 19.8 Å². The van der Waals surface area contributed by atoms with Crippen LogP contribution in [0, 0.1) is 0 Å². The van der Waals surface area contributed by atoms with Crippen LogP contribution in [0.5, 0.6) is 11.5 Å². The van der Waals surface area contributed by atoms with E-state index in [0.717, 1.165) is 29.3 Å². The van der Waals surface area contributed by atoms with Crippen molar-refractivity contribution in [2.24, 2.45) is 12.8 Å². The van der Waals surface area contributed by atoms with Crippen LogP contribution in [0.25, 0.3) is 0 Å². The second kappa shape index (κ2) is 6.24. The van der Waals surface area contributed by atoms with Crippen LogP contribution >= 0.6 is 0 Å². The number of nitrogens with two attached hydrogens (primary N) is 1. The Morgan fingerprint density at radius 1 is 1.32 bits per heavy atom. The molecule has 0 amide bonds. The van der Waals surface area contributed by atoms with Crippen LogP contribution < -0.4 is 15.2 Å². The number of rotatable bonds is 6. The Labute approximate surface area is 113 Å². The summed E-state index contributed by atoms with van der Waals surface area (Å²) in [5.74, 6) is 2.44. The minimum atomic E-state index is 0.486. The molecule has 102 valence electrons. The number of nitrogens with zero attached hydrogens (tertiary/aromatic N) is 2. The zero-order valence-electron chi connectivity index (χ0n) is 11.3. The molecule has 0 unspecified atom stereocenters. The number of hydrogen-bond donors (Lipinski definition) is 1. The highest BCUT2D eigenvalue weighted by atomic mass is 16.5. The Bertz CT molecular complexity index is 537. The van der Waals surface area contributed by atoms with E-state index in [2.05, 4.69) is 4.98 Å². The normalized spacial score (nSPS) is 10.5. The summed E-state index contributed by atoms with van der Waals surface area (Å²) in [6.45, 7) is 1.04. The van der Waals surface area contributed by atoms with Crippen LogP contribution in [0.2, 0.25) is 0 Å². The monoisotopic (exact) mass is 261 g/mol. The van der Waals surface area contributed by atoms with Crippen LogP contribution in [0.1, 0.15) is 11.4 Å². The van der Waals surface area contributed by atoms with Gasteiger partial charge in [0.05, 0.1) is 13.7 Å². The first-order valence-corrected chi connectivity index (χ1v) is 6.20. The lowest BCUT2D eigenvalue weighted by Gasteiger charge is -2.11. The van der Waals surface area contributed by atoms with E-state index in [1.165, 1.54) is 0 Å². The summed E-state index contributed by atoms with van der Waals surface area (Å²) in [7, 11) is 3.60. The van der Waals surface area contributed by atoms with E-state index in [0.29, 0.717) is 13.2 Å². The molecule has 19 heavy (non-hydrogen) atoms. The van der Waals surface area contributed by atoms with Gasteiger partial charge in [0.2, 0.25) is 0 Å². The first kappa shape index (κ1) is 13.4. The first-order valence-electron chi connectivity index (χ1n) is 6.20. The average molecular weight is 261 g/mol. The van der Waals surface area contributed by atoms with Gasteiger partial charge in [-0.15, -0.1) is 0 Å². The maximum absolute atomic E-state index is 5.76. The van der Waals surface area contributed by atoms with Crippen LogP contribution in [0.3, 0.4) is 0 Å². The lowest BCUT2D eigenvalue weighted by molar-refractivity contribution is 0.294. The Balaban J connectivity index is 2.00. The van der Waals surface area contributed by atoms with Crippen molar-refractivity contribution in [3.63, 3.8) is 0 Å². The molecule has 0 saturated heterocycles. The van der Waals surface area contributed by atoms with Gasteiger partial charge in [0.1, 0.15) is 5.82 Å². The highest BCUT2D eigenvalue weighted by molar-refractivity contribution is 5.42. The van der Waals surface area contributed by atoms with Gasteiger partial charge in [0.15, 0.2) is 11.5 Å². The van der Waals surface area contributed by atoms with Crippen LogP contribution in [0.15, 0.2) is 30.6 Å². The molecule has 0 saturated carbocycles. The number of benzene rings is 1. The quantitative estimate of drug-likeness (QED) is 0.856. The summed E-state index contributed by atoms with van der Waals surface area (Å²) in [5, 5.41) is 0. The predicted molar refractivity (Wildman–Crippen MR) is 73.3 cm³/mol. The first-order chi connectivity index (χ1) is 9.24. The smallest absolute Gasteiger partial charge is 0.161 e. The van der Waals surface area contributed by atoms with Crippen molar-refractivity contribution in [1.82, 2.24) is 9.55 Å². The SMILES string of the molecule is COc1ccc(CN)cc1OCCc1nccn1C. The summed E-state index contributed by atoms with van der Waals surface area (Å²) in [5.41, 5.74) is 6.65. The molecule has 2 aromatic rings. The average Bonchev–Trinajstić information content (AvgIpc) is 2.84. The molecule has 2 rings (SSSR count). The molecule has 0 spiro atoms. The Morgan fingerprint density at radius 2 is 2.16 bits per heavy atom. The third-order valence-corrected chi connectivity index (χ3v) is 2.97. The second-order valence-corrected chi connectivity index (χ2v) is 4.24. The van der Waals surface area contributed by atoms with Gasteiger partial charge >= 0.3 is 0 Å². The van der Waals surface area contributed by atoms with Crippen LogP contribution in [-0.2, 0) is 20.0 Å². The molecule has 0 fully saturated rings. The fourth-order valence-electron chi connectivity index (χ4n) is 1.85. The summed E-state index contributed by atoms with van der Waals surface area (Å²) in [6.07, 6.45) is 4.45. The fourth-order valence-corrected chi connectivity index (χ4v) is 1.85.